The Labute approximate surface area is 136 Å². The second kappa shape index (κ2) is 6.58. The summed E-state index contributed by atoms with van der Waals surface area (Å²) in [5.41, 5.74) is -0.852. The van der Waals surface area contributed by atoms with E-state index in [0.29, 0.717) is 13.1 Å². The Kier molecular flexibility index (Phi) is 4.50. The number of aromatic nitrogens is 4. The summed E-state index contributed by atoms with van der Waals surface area (Å²) in [4.78, 5) is 21.6. The lowest BCUT2D eigenvalue weighted by Gasteiger charge is -2.24. The fourth-order valence-electron chi connectivity index (χ4n) is 2.89. The lowest BCUT2D eigenvalue weighted by Crippen LogP contribution is -2.39. The maximum Gasteiger partial charge on any atom is 0.433 e. The number of halogens is 3. The molecule has 9 heteroatoms. The zero-order chi connectivity index (χ0) is 17.2. The summed E-state index contributed by atoms with van der Waals surface area (Å²) in [6, 6.07) is 3.59. The first-order chi connectivity index (χ1) is 11.4. The van der Waals surface area contributed by atoms with Crippen LogP contribution in [0.25, 0.3) is 0 Å². The maximum absolute atomic E-state index is 12.7. The molecule has 1 aliphatic rings. The first kappa shape index (κ1) is 16.4. The van der Waals surface area contributed by atoms with E-state index < -0.39 is 11.9 Å². The van der Waals surface area contributed by atoms with E-state index in [4.69, 9.17) is 0 Å². The standard InChI is InChI=1S/C15H16F3N5O/c16-15(17,18)13-5-1-3-11(21-13)7-14(24)23-6-2-4-12(23)8-22-10-19-9-20-22/h1,3,5,9-10,12H,2,4,6-8H2. The maximum atomic E-state index is 12.7. The Bertz CT molecular complexity index is 701. The average Bonchev–Trinajstić information content (AvgIpc) is 3.19. The number of hydrogen-bond acceptors (Lipinski definition) is 4. The molecule has 1 saturated heterocycles. The van der Waals surface area contributed by atoms with Crippen LogP contribution in [-0.4, -0.2) is 43.1 Å². The molecular formula is C15H16F3N5O. The molecule has 0 aromatic carbocycles. The second-order valence-electron chi connectivity index (χ2n) is 5.69. The molecule has 24 heavy (non-hydrogen) atoms. The third kappa shape index (κ3) is 3.72. The highest BCUT2D eigenvalue weighted by atomic mass is 19.4. The molecule has 2 aromatic heterocycles. The second-order valence-corrected chi connectivity index (χ2v) is 5.69. The van der Waals surface area contributed by atoms with Gasteiger partial charge in [0.15, 0.2) is 0 Å². The van der Waals surface area contributed by atoms with E-state index in [-0.39, 0.29) is 24.1 Å². The van der Waals surface area contributed by atoms with Crippen LogP contribution < -0.4 is 0 Å². The molecule has 6 nitrogen and oxygen atoms in total. The summed E-state index contributed by atoms with van der Waals surface area (Å²) in [5, 5.41) is 4.03. The minimum atomic E-state index is -4.51. The predicted molar refractivity (Wildman–Crippen MR) is 77.7 cm³/mol. The van der Waals surface area contributed by atoms with Crippen LogP contribution in [0.1, 0.15) is 24.2 Å². The van der Waals surface area contributed by atoms with Gasteiger partial charge < -0.3 is 4.90 Å². The minimum absolute atomic E-state index is 0.0231. The lowest BCUT2D eigenvalue weighted by atomic mass is 10.2. The average molecular weight is 339 g/mol. The highest BCUT2D eigenvalue weighted by Gasteiger charge is 2.33. The predicted octanol–water partition coefficient (Wildman–Crippen LogP) is 1.93. The number of nitrogens with zero attached hydrogens (tertiary/aromatic N) is 5. The third-order valence-corrected chi connectivity index (χ3v) is 3.99. The van der Waals surface area contributed by atoms with Crippen molar-refractivity contribution in [3.8, 4) is 0 Å². The van der Waals surface area contributed by atoms with Gasteiger partial charge in [0.05, 0.1) is 24.7 Å². The van der Waals surface area contributed by atoms with Gasteiger partial charge in [-0.05, 0) is 25.0 Å². The number of amides is 1. The summed E-state index contributed by atoms with van der Waals surface area (Å²) in [5.74, 6) is -0.218. The van der Waals surface area contributed by atoms with Crippen LogP contribution in [0.2, 0.25) is 0 Å². The summed E-state index contributed by atoms with van der Waals surface area (Å²) >= 11 is 0. The highest BCUT2D eigenvalue weighted by Crippen LogP contribution is 2.27. The van der Waals surface area contributed by atoms with Gasteiger partial charge in [-0.15, -0.1) is 0 Å². The molecule has 0 radical (unpaired) electrons. The SMILES string of the molecule is O=C(Cc1cccc(C(F)(F)F)n1)N1CCCC1Cn1cncn1. The topological polar surface area (TPSA) is 63.9 Å². The molecule has 1 aliphatic heterocycles. The number of pyridine rings is 1. The molecule has 2 aromatic rings. The van der Waals surface area contributed by atoms with Gasteiger partial charge in [0, 0.05) is 6.54 Å². The number of alkyl halides is 3. The zero-order valence-electron chi connectivity index (χ0n) is 12.8. The first-order valence-electron chi connectivity index (χ1n) is 7.58. The minimum Gasteiger partial charge on any atom is -0.338 e. The van der Waals surface area contributed by atoms with E-state index in [1.807, 2.05) is 0 Å². The molecular weight excluding hydrogens is 323 g/mol. The molecule has 1 atom stereocenters. The Morgan fingerprint density at radius 2 is 2.17 bits per heavy atom. The molecule has 1 fully saturated rings. The molecule has 0 bridgehead atoms. The van der Waals surface area contributed by atoms with Crippen LogP contribution in [0, 0.1) is 0 Å². The van der Waals surface area contributed by atoms with Crippen LogP contribution in [0.15, 0.2) is 30.9 Å². The number of carbonyl (C=O) groups is 1. The van der Waals surface area contributed by atoms with E-state index >= 15 is 0 Å². The Morgan fingerprint density at radius 3 is 2.88 bits per heavy atom. The Hall–Kier alpha value is -2.45. The molecule has 0 spiro atoms. The Balaban J connectivity index is 1.68. The van der Waals surface area contributed by atoms with E-state index in [9.17, 15) is 18.0 Å². The molecule has 128 valence electrons. The van der Waals surface area contributed by atoms with Crippen molar-refractivity contribution < 1.29 is 18.0 Å². The van der Waals surface area contributed by atoms with Crippen molar-refractivity contribution in [1.82, 2.24) is 24.6 Å². The fourth-order valence-corrected chi connectivity index (χ4v) is 2.89. The summed E-state index contributed by atoms with van der Waals surface area (Å²) in [6.45, 7) is 1.12. The number of carbonyl (C=O) groups excluding carboxylic acids is 1. The van der Waals surface area contributed by atoms with Gasteiger partial charge in [-0.2, -0.15) is 18.3 Å². The van der Waals surface area contributed by atoms with Gasteiger partial charge >= 0.3 is 6.18 Å². The summed E-state index contributed by atoms with van der Waals surface area (Å²) in [7, 11) is 0. The van der Waals surface area contributed by atoms with E-state index in [0.717, 1.165) is 18.9 Å². The van der Waals surface area contributed by atoms with Gasteiger partial charge in [0.1, 0.15) is 18.3 Å². The van der Waals surface area contributed by atoms with E-state index in [1.165, 1.54) is 18.5 Å². The Morgan fingerprint density at radius 1 is 1.33 bits per heavy atom. The highest BCUT2D eigenvalue weighted by molar-refractivity contribution is 5.79. The molecule has 3 heterocycles. The fraction of sp³-hybridized carbons (Fsp3) is 0.467. The van der Waals surface area contributed by atoms with Crippen molar-refractivity contribution in [3.05, 3.63) is 42.2 Å². The lowest BCUT2D eigenvalue weighted by molar-refractivity contribution is -0.141. The number of likely N-dealkylation sites (tertiary alicyclic amines) is 1. The van der Waals surface area contributed by atoms with Gasteiger partial charge in [-0.25, -0.2) is 9.97 Å². The van der Waals surface area contributed by atoms with Gasteiger partial charge in [0.2, 0.25) is 5.91 Å². The smallest absolute Gasteiger partial charge is 0.338 e. The van der Waals surface area contributed by atoms with Crippen LogP contribution in [0.3, 0.4) is 0 Å². The molecule has 1 unspecified atom stereocenters. The molecule has 0 saturated carbocycles. The number of hydrogen-bond donors (Lipinski definition) is 0. The van der Waals surface area contributed by atoms with E-state index in [1.54, 1.807) is 15.9 Å². The molecule has 1 amide bonds. The van der Waals surface area contributed by atoms with Gasteiger partial charge in [-0.3, -0.25) is 9.48 Å². The first-order valence-corrected chi connectivity index (χ1v) is 7.58. The normalized spacial score (nSPS) is 18.1. The van der Waals surface area contributed by atoms with Crippen LogP contribution in [0.5, 0.6) is 0 Å². The number of rotatable bonds is 4. The monoisotopic (exact) mass is 339 g/mol. The zero-order valence-corrected chi connectivity index (χ0v) is 12.8. The van der Waals surface area contributed by atoms with Crippen molar-refractivity contribution >= 4 is 5.91 Å². The van der Waals surface area contributed by atoms with Gasteiger partial charge in [-0.1, -0.05) is 6.07 Å². The van der Waals surface area contributed by atoms with Crippen molar-refractivity contribution in [2.75, 3.05) is 6.54 Å². The third-order valence-electron chi connectivity index (χ3n) is 3.99. The van der Waals surface area contributed by atoms with Crippen molar-refractivity contribution in [2.45, 2.75) is 38.0 Å². The molecule has 0 aliphatic carbocycles. The van der Waals surface area contributed by atoms with Crippen molar-refractivity contribution in [2.24, 2.45) is 0 Å². The largest absolute Gasteiger partial charge is 0.433 e. The van der Waals surface area contributed by atoms with Crippen LogP contribution in [0.4, 0.5) is 13.2 Å². The van der Waals surface area contributed by atoms with Crippen molar-refractivity contribution in [3.63, 3.8) is 0 Å². The van der Waals surface area contributed by atoms with E-state index in [2.05, 4.69) is 15.1 Å². The summed E-state index contributed by atoms with van der Waals surface area (Å²) in [6.07, 6.45) is 0.0475. The van der Waals surface area contributed by atoms with Gasteiger partial charge in [0.25, 0.3) is 0 Å². The van der Waals surface area contributed by atoms with Crippen molar-refractivity contribution in [1.29, 1.82) is 0 Å². The molecule has 3 rings (SSSR count). The summed E-state index contributed by atoms with van der Waals surface area (Å²) < 4.78 is 39.8. The van der Waals surface area contributed by atoms with Crippen LogP contribution in [-0.2, 0) is 23.9 Å². The van der Waals surface area contributed by atoms with Crippen LogP contribution >= 0.6 is 0 Å². The molecule has 0 N–H and O–H groups in total. The quantitative estimate of drug-likeness (QED) is 0.854.